The molecule has 0 nitrogen and oxygen atoms in total. The van der Waals surface area contributed by atoms with Crippen LogP contribution in [-0.2, 0) is 12.8 Å². The van der Waals surface area contributed by atoms with Crippen molar-refractivity contribution in [2.75, 3.05) is 0 Å². The van der Waals surface area contributed by atoms with Gasteiger partial charge in [-0.25, -0.2) is 0 Å². The Morgan fingerprint density at radius 1 is 0.600 bits per heavy atom. The molecule has 0 saturated carbocycles. The lowest BCUT2D eigenvalue weighted by molar-refractivity contribution is 0.796. The van der Waals surface area contributed by atoms with Crippen LogP contribution in [0.25, 0.3) is 33.0 Å². The van der Waals surface area contributed by atoms with E-state index in [1.807, 2.05) is 6.08 Å². The smallest absolute Gasteiger partial charge is 0.0178 e. The number of aryl methyl sites for hydroxylation is 2. The zero-order valence-corrected chi connectivity index (χ0v) is 17.9. The van der Waals surface area contributed by atoms with Crippen molar-refractivity contribution in [3.63, 3.8) is 0 Å². The largest absolute Gasteiger partial charge is 0.103 e. The van der Waals surface area contributed by atoms with E-state index in [0.29, 0.717) is 0 Å². The molecule has 0 saturated heterocycles. The molecular weight excluding hydrogens is 360 g/mol. The molecule has 4 aromatic carbocycles. The summed E-state index contributed by atoms with van der Waals surface area (Å²) >= 11 is 0. The van der Waals surface area contributed by atoms with Crippen LogP contribution in [-0.4, -0.2) is 0 Å². The maximum Gasteiger partial charge on any atom is -0.0178 e. The Morgan fingerprint density at radius 2 is 1.13 bits per heavy atom. The Bertz CT molecular complexity index is 1120. The number of hydrogen-bond donors (Lipinski definition) is 0. The van der Waals surface area contributed by atoms with E-state index in [9.17, 15) is 0 Å². The molecule has 0 unspecified atom stereocenters. The van der Waals surface area contributed by atoms with Gasteiger partial charge < -0.3 is 0 Å². The van der Waals surface area contributed by atoms with Crippen molar-refractivity contribution in [2.45, 2.75) is 39.0 Å². The maximum absolute atomic E-state index is 3.81. The zero-order valence-electron chi connectivity index (χ0n) is 17.9. The Labute approximate surface area is 180 Å². The molecule has 0 heterocycles. The van der Waals surface area contributed by atoms with E-state index in [0.717, 1.165) is 12.8 Å². The van der Waals surface area contributed by atoms with E-state index in [-0.39, 0.29) is 0 Å². The Hall–Kier alpha value is -3.12. The summed E-state index contributed by atoms with van der Waals surface area (Å²) in [5, 5.41) is 2.65. The third-order valence-corrected chi connectivity index (χ3v) is 5.87. The van der Waals surface area contributed by atoms with Gasteiger partial charge >= 0.3 is 0 Å². The fraction of sp³-hybridized carbons (Fsp3) is 0.200. The number of hydrogen-bond acceptors (Lipinski definition) is 0. The Balaban J connectivity index is 1.53. The second-order valence-electron chi connectivity index (χ2n) is 8.10. The molecule has 0 radical (unpaired) electrons. The van der Waals surface area contributed by atoms with Crippen LogP contribution in [0.1, 0.15) is 37.3 Å². The second-order valence-corrected chi connectivity index (χ2v) is 8.10. The fourth-order valence-corrected chi connectivity index (χ4v) is 4.00. The highest BCUT2D eigenvalue weighted by Gasteiger charge is 2.03. The molecule has 0 amide bonds. The van der Waals surface area contributed by atoms with E-state index in [2.05, 4.69) is 98.4 Å². The molecule has 0 fully saturated rings. The normalized spacial score (nSPS) is 11.0. The molecule has 0 bridgehead atoms. The number of unbranched alkanes of at least 4 members (excludes halogenated alkanes) is 1. The van der Waals surface area contributed by atoms with Crippen LogP contribution in [0.15, 0.2) is 97.6 Å². The highest BCUT2D eigenvalue weighted by atomic mass is 14.1. The molecule has 150 valence electrons. The molecule has 0 atom stereocenters. The third kappa shape index (κ3) is 4.71. The van der Waals surface area contributed by atoms with Crippen molar-refractivity contribution in [3.05, 3.63) is 109 Å². The van der Waals surface area contributed by atoms with Crippen molar-refractivity contribution in [2.24, 2.45) is 0 Å². The molecule has 0 aromatic heterocycles. The van der Waals surface area contributed by atoms with Gasteiger partial charge in [0.1, 0.15) is 0 Å². The van der Waals surface area contributed by atoms with Crippen LogP contribution in [0.2, 0.25) is 0 Å². The van der Waals surface area contributed by atoms with E-state index in [4.69, 9.17) is 0 Å². The molecule has 4 aromatic rings. The van der Waals surface area contributed by atoms with Crippen LogP contribution < -0.4 is 0 Å². The van der Waals surface area contributed by atoms with Gasteiger partial charge in [-0.1, -0.05) is 98.3 Å². The minimum atomic E-state index is 1.03. The van der Waals surface area contributed by atoms with Gasteiger partial charge in [-0.3, -0.25) is 0 Å². The Morgan fingerprint density at radius 3 is 1.80 bits per heavy atom. The summed E-state index contributed by atoms with van der Waals surface area (Å²) in [5.41, 5.74) is 7.87. The molecule has 0 spiro atoms. The van der Waals surface area contributed by atoms with E-state index < -0.39 is 0 Å². The summed E-state index contributed by atoms with van der Waals surface area (Å²) in [6, 6.07) is 31.5. The molecule has 30 heavy (non-hydrogen) atoms. The average molecular weight is 391 g/mol. The Kier molecular flexibility index (Phi) is 6.44. The molecular formula is C30H30. The lowest BCUT2D eigenvalue weighted by Gasteiger charge is -2.08. The first kappa shape index (κ1) is 20.2. The van der Waals surface area contributed by atoms with Crippen molar-refractivity contribution in [3.8, 4) is 22.3 Å². The summed E-state index contributed by atoms with van der Waals surface area (Å²) in [7, 11) is 0. The highest BCUT2D eigenvalue weighted by Crippen LogP contribution is 2.28. The molecule has 4 rings (SSSR count). The standard InChI is InChI=1S/C30H30/c1-3-5-7-23-9-12-25(13-10-23)26-15-17-27(18-16-26)29-20-19-28-21-24(8-6-4-2)11-14-30(28)22-29/h3,9-22H,1,4-8H2,2H3. The third-order valence-electron chi connectivity index (χ3n) is 5.87. The first-order valence-electron chi connectivity index (χ1n) is 11.1. The van der Waals surface area contributed by atoms with E-state index in [1.54, 1.807) is 0 Å². The van der Waals surface area contributed by atoms with Crippen LogP contribution in [0.5, 0.6) is 0 Å². The average Bonchev–Trinajstić information content (AvgIpc) is 2.81. The quantitative estimate of drug-likeness (QED) is 0.264. The van der Waals surface area contributed by atoms with Gasteiger partial charge in [-0.2, -0.15) is 0 Å². The minimum absolute atomic E-state index is 1.03. The summed E-state index contributed by atoms with van der Waals surface area (Å²) in [4.78, 5) is 0. The summed E-state index contributed by atoms with van der Waals surface area (Å²) < 4.78 is 0. The van der Waals surface area contributed by atoms with Gasteiger partial charge in [0.2, 0.25) is 0 Å². The van der Waals surface area contributed by atoms with Crippen molar-refractivity contribution in [1.82, 2.24) is 0 Å². The van der Waals surface area contributed by atoms with Crippen molar-refractivity contribution < 1.29 is 0 Å². The number of benzene rings is 4. The van der Waals surface area contributed by atoms with Gasteiger partial charge in [0.25, 0.3) is 0 Å². The van der Waals surface area contributed by atoms with Crippen LogP contribution in [0.3, 0.4) is 0 Å². The summed E-state index contributed by atoms with van der Waals surface area (Å²) in [5.74, 6) is 0. The van der Waals surface area contributed by atoms with Gasteiger partial charge in [0.15, 0.2) is 0 Å². The van der Waals surface area contributed by atoms with E-state index >= 15 is 0 Å². The molecule has 0 heteroatoms. The van der Waals surface area contributed by atoms with Crippen LogP contribution in [0.4, 0.5) is 0 Å². The van der Waals surface area contributed by atoms with Gasteiger partial charge in [-0.15, -0.1) is 6.58 Å². The molecule has 0 aliphatic carbocycles. The van der Waals surface area contributed by atoms with Crippen LogP contribution >= 0.6 is 0 Å². The predicted molar refractivity (Wildman–Crippen MR) is 132 cm³/mol. The van der Waals surface area contributed by atoms with Crippen LogP contribution in [0, 0.1) is 0 Å². The number of fused-ring (bicyclic) bond motifs is 1. The van der Waals surface area contributed by atoms with Gasteiger partial charge in [0, 0.05) is 0 Å². The number of rotatable bonds is 8. The first-order chi connectivity index (χ1) is 14.8. The SMILES string of the molecule is C=CCCc1ccc(-c2ccc(-c3ccc4cc(CCCC)ccc4c3)cc2)cc1. The highest BCUT2D eigenvalue weighted by molar-refractivity contribution is 5.88. The molecule has 0 aliphatic rings. The van der Waals surface area contributed by atoms with Gasteiger partial charge in [0.05, 0.1) is 0 Å². The maximum atomic E-state index is 3.81. The summed E-state index contributed by atoms with van der Waals surface area (Å²) in [6.07, 6.45) is 7.74. The van der Waals surface area contributed by atoms with E-state index in [1.165, 1.54) is 63.4 Å². The minimum Gasteiger partial charge on any atom is -0.103 e. The number of allylic oxidation sites excluding steroid dienone is 1. The monoisotopic (exact) mass is 390 g/mol. The zero-order chi connectivity index (χ0) is 20.8. The second kappa shape index (κ2) is 9.59. The lowest BCUT2D eigenvalue weighted by Crippen LogP contribution is -1.86. The van der Waals surface area contributed by atoms with Crippen molar-refractivity contribution >= 4 is 10.8 Å². The lowest BCUT2D eigenvalue weighted by atomic mass is 9.96. The molecule has 0 aliphatic heterocycles. The predicted octanol–water partition coefficient (Wildman–Crippen LogP) is 8.64. The summed E-state index contributed by atoms with van der Waals surface area (Å²) in [6.45, 7) is 6.05. The fourth-order valence-electron chi connectivity index (χ4n) is 4.00. The topological polar surface area (TPSA) is 0 Å². The first-order valence-corrected chi connectivity index (χ1v) is 11.1. The van der Waals surface area contributed by atoms with Gasteiger partial charge in [-0.05, 0) is 75.9 Å². The molecule has 0 N–H and O–H groups in total. The van der Waals surface area contributed by atoms with Crippen molar-refractivity contribution in [1.29, 1.82) is 0 Å².